The van der Waals surface area contributed by atoms with Gasteiger partial charge in [-0.05, 0) is 46.7 Å². The normalized spacial score (nSPS) is 13.0. The Morgan fingerprint density at radius 3 is 2.27 bits per heavy atom. The lowest BCUT2D eigenvalue weighted by Crippen LogP contribution is -2.21. The Kier molecular flexibility index (Phi) is 6.47. The first-order valence-corrected chi connectivity index (χ1v) is 9.51. The van der Waals surface area contributed by atoms with E-state index in [4.69, 9.17) is 0 Å². The number of anilines is 1. The van der Waals surface area contributed by atoms with Crippen molar-refractivity contribution in [2.75, 3.05) is 19.0 Å². The van der Waals surface area contributed by atoms with Crippen LogP contribution in [0.1, 0.15) is 56.7 Å². The van der Waals surface area contributed by atoms with Crippen molar-refractivity contribution < 1.29 is 0 Å². The minimum atomic E-state index is -0.0971. The summed E-state index contributed by atoms with van der Waals surface area (Å²) < 4.78 is 0. The Morgan fingerprint density at radius 2 is 1.69 bits per heavy atom. The molecule has 138 valence electrons. The van der Waals surface area contributed by atoms with Crippen molar-refractivity contribution in [3.63, 3.8) is 0 Å². The molecule has 0 aliphatic heterocycles. The van der Waals surface area contributed by atoms with Crippen molar-refractivity contribution in [3.8, 4) is 0 Å². The molecular formula is C25H33N. The molecule has 2 aromatic rings. The van der Waals surface area contributed by atoms with Gasteiger partial charge in [-0.2, -0.15) is 0 Å². The molecule has 1 nitrogen and oxygen atoms in total. The molecule has 0 aliphatic carbocycles. The predicted molar refractivity (Wildman–Crippen MR) is 117 cm³/mol. The second-order valence-electron chi connectivity index (χ2n) is 7.87. The maximum Gasteiger partial charge on any atom is 0.0361 e. The van der Waals surface area contributed by atoms with E-state index in [0.29, 0.717) is 5.92 Å². The van der Waals surface area contributed by atoms with Gasteiger partial charge in [0.15, 0.2) is 0 Å². The number of hydrogen-bond donors (Lipinski definition) is 0. The van der Waals surface area contributed by atoms with E-state index < -0.39 is 0 Å². The van der Waals surface area contributed by atoms with E-state index in [9.17, 15) is 0 Å². The standard InChI is InChI=1S/C25H33N/c1-8-19(2)23-11-9-10-12-24(23)25(4,5)20(3)13-14-21-15-17-22(18-16-21)26(6)7/h9-19H,3,8H2,1-2,4-7H3. The molecule has 0 spiro atoms. The molecule has 2 aromatic carbocycles. The lowest BCUT2D eigenvalue weighted by molar-refractivity contribution is 0.613. The number of benzene rings is 2. The van der Waals surface area contributed by atoms with Crippen LogP contribution in [0.15, 0.2) is 66.8 Å². The Hall–Kier alpha value is -2.28. The summed E-state index contributed by atoms with van der Waals surface area (Å²) in [5.41, 5.74) is 6.26. The van der Waals surface area contributed by atoms with Crippen molar-refractivity contribution >= 4 is 11.8 Å². The molecule has 1 unspecified atom stereocenters. The maximum absolute atomic E-state index is 4.39. The summed E-state index contributed by atoms with van der Waals surface area (Å²) in [5, 5.41) is 0. The van der Waals surface area contributed by atoms with E-state index in [1.807, 2.05) is 0 Å². The average molecular weight is 348 g/mol. The van der Waals surface area contributed by atoms with Crippen LogP contribution in [0.5, 0.6) is 0 Å². The van der Waals surface area contributed by atoms with Gasteiger partial charge in [0.1, 0.15) is 0 Å². The molecule has 0 amide bonds. The van der Waals surface area contributed by atoms with Gasteiger partial charge in [-0.15, -0.1) is 0 Å². The zero-order chi connectivity index (χ0) is 19.3. The van der Waals surface area contributed by atoms with Crippen molar-refractivity contribution in [1.82, 2.24) is 0 Å². The molecule has 0 N–H and O–H groups in total. The predicted octanol–water partition coefficient (Wildman–Crippen LogP) is 6.81. The van der Waals surface area contributed by atoms with E-state index in [0.717, 1.165) is 12.0 Å². The van der Waals surface area contributed by atoms with Crippen molar-refractivity contribution in [2.24, 2.45) is 0 Å². The van der Waals surface area contributed by atoms with E-state index in [1.165, 1.54) is 22.4 Å². The lowest BCUT2D eigenvalue weighted by atomic mass is 9.74. The molecule has 0 aromatic heterocycles. The fourth-order valence-corrected chi connectivity index (χ4v) is 3.18. The highest BCUT2D eigenvalue weighted by Crippen LogP contribution is 2.37. The quantitative estimate of drug-likeness (QED) is 0.497. The largest absolute Gasteiger partial charge is 0.378 e. The number of nitrogens with zero attached hydrogens (tertiary/aromatic N) is 1. The highest BCUT2D eigenvalue weighted by Gasteiger charge is 2.26. The van der Waals surface area contributed by atoms with Crippen LogP contribution in [0.2, 0.25) is 0 Å². The Morgan fingerprint density at radius 1 is 1.08 bits per heavy atom. The van der Waals surface area contributed by atoms with Gasteiger partial charge in [0.25, 0.3) is 0 Å². The fourth-order valence-electron chi connectivity index (χ4n) is 3.18. The molecular weight excluding hydrogens is 314 g/mol. The third-order valence-corrected chi connectivity index (χ3v) is 5.47. The van der Waals surface area contributed by atoms with Crippen LogP contribution in [0, 0.1) is 0 Å². The van der Waals surface area contributed by atoms with Crippen LogP contribution in [0.25, 0.3) is 6.08 Å². The Balaban J connectivity index is 2.25. The van der Waals surface area contributed by atoms with E-state index >= 15 is 0 Å². The first-order chi connectivity index (χ1) is 12.3. The second kappa shape index (κ2) is 8.40. The molecule has 26 heavy (non-hydrogen) atoms. The number of hydrogen-bond acceptors (Lipinski definition) is 1. The molecule has 1 atom stereocenters. The minimum absolute atomic E-state index is 0.0971. The van der Waals surface area contributed by atoms with Crippen LogP contribution in [0.3, 0.4) is 0 Å². The first kappa shape index (κ1) is 20.0. The maximum atomic E-state index is 4.39. The highest BCUT2D eigenvalue weighted by molar-refractivity contribution is 5.59. The van der Waals surface area contributed by atoms with Gasteiger partial charge in [-0.1, -0.05) is 82.8 Å². The van der Waals surface area contributed by atoms with Crippen LogP contribution in [-0.2, 0) is 5.41 Å². The second-order valence-corrected chi connectivity index (χ2v) is 7.87. The number of allylic oxidation sites excluding steroid dienone is 2. The van der Waals surface area contributed by atoms with Crippen LogP contribution >= 0.6 is 0 Å². The van der Waals surface area contributed by atoms with E-state index in [2.05, 4.69) is 114 Å². The summed E-state index contributed by atoms with van der Waals surface area (Å²) in [5.74, 6) is 0.556. The molecule has 0 saturated heterocycles. The summed E-state index contributed by atoms with van der Waals surface area (Å²) in [6.45, 7) is 13.5. The van der Waals surface area contributed by atoms with Crippen LogP contribution in [-0.4, -0.2) is 14.1 Å². The van der Waals surface area contributed by atoms with Gasteiger partial charge in [0, 0.05) is 25.2 Å². The van der Waals surface area contributed by atoms with Crippen LogP contribution in [0.4, 0.5) is 5.69 Å². The smallest absolute Gasteiger partial charge is 0.0361 e. The Bertz CT molecular complexity index is 763. The number of rotatable bonds is 7. The fraction of sp³-hybridized carbons (Fsp3) is 0.360. The van der Waals surface area contributed by atoms with E-state index in [1.54, 1.807) is 0 Å². The lowest BCUT2D eigenvalue weighted by Gasteiger charge is -2.30. The highest BCUT2D eigenvalue weighted by atomic mass is 15.1. The first-order valence-electron chi connectivity index (χ1n) is 9.51. The van der Waals surface area contributed by atoms with Crippen molar-refractivity contribution in [2.45, 2.75) is 45.4 Å². The SMILES string of the molecule is C=C(C=Cc1ccc(N(C)C)cc1)C(C)(C)c1ccccc1C(C)CC. The van der Waals surface area contributed by atoms with Gasteiger partial charge in [0.2, 0.25) is 0 Å². The van der Waals surface area contributed by atoms with Gasteiger partial charge < -0.3 is 4.90 Å². The Labute approximate surface area is 160 Å². The van der Waals surface area contributed by atoms with E-state index in [-0.39, 0.29) is 5.41 Å². The topological polar surface area (TPSA) is 3.24 Å². The zero-order valence-corrected chi connectivity index (χ0v) is 17.2. The molecule has 2 rings (SSSR count). The van der Waals surface area contributed by atoms with Gasteiger partial charge >= 0.3 is 0 Å². The summed E-state index contributed by atoms with van der Waals surface area (Å²) in [6.07, 6.45) is 5.47. The third kappa shape index (κ3) is 4.46. The average Bonchev–Trinajstić information content (AvgIpc) is 2.65. The van der Waals surface area contributed by atoms with Gasteiger partial charge in [-0.25, -0.2) is 0 Å². The molecule has 0 radical (unpaired) electrons. The molecule has 0 bridgehead atoms. The summed E-state index contributed by atoms with van der Waals surface area (Å²) in [6, 6.07) is 17.4. The minimum Gasteiger partial charge on any atom is -0.378 e. The van der Waals surface area contributed by atoms with Crippen molar-refractivity contribution in [1.29, 1.82) is 0 Å². The molecule has 1 heteroatoms. The monoisotopic (exact) mass is 347 g/mol. The third-order valence-electron chi connectivity index (χ3n) is 5.47. The molecule has 0 heterocycles. The zero-order valence-electron chi connectivity index (χ0n) is 17.2. The molecule has 0 fully saturated rings. The molecule has 0 saturated carbocycles. The summed E-state index contributed by atoms with van der Waals surface area (Å²) in [4.78, 5) is 2.11. The summed E-state index contributed by atoms with van der Waals surface area (Å²) >= 11 is 0. The van der Waals surface area contributed by atoms with Crippen LogP contribution < -0.4 is 4.90 Å². The van der Waals surface area contributed by atoms with Crippen molar-refractivity contribution in [3.05, 3.63) is 83.4 Å². The van der Waals surface area contributed by atoms with Gasteiger partial charge in [0.05, 0.1) is 0 Å². The molecule has 0 aliphatic rings. The van der Waals surface area contributed by atoms with Gasteiger partial charge in [-0.3, -0.25) is 0 Å². The summed E-state index contributed by atoms with van der Waals surface area (Å²) in [7, 11) is 4.12.